The fraction of sp³-hybridized carbons (Fsp3) is 0.600. The fourth-order valence-electron chi connectivity index (χ4n) is 7.96. The lowest BCUT2D eigenvalue weighted by Crippen LogP contribution is -2.58. The number of benzene rings is 1. The van der Waals surface area contributed by atoms with Gasteiger partial charge in [0.15, 0.2) is 0 Å². The minimum absolute atomic E-state index is 0.00206. The van der Waals surface area contributed by atoms with Gasteiger partial charge in [-0.1, -0.05) is 6.07 Å². The number of aryl methyl sites for hydroxylation is 2. The Labute approximate surface area is 280 Å². The van der Waals surface area contributed by atoms with E-state index in [9.17, 15) is 14.4 Å². The molecule has 0 aliphatic carbocycles. The van der Waals surface area contributed by atoms with Gasteiger partial charge in [0.2, 0.25) is 11.8 Å². The van der Waals surface area contributed by atoms with Crippen molar-refractivity contribution in [2.24, 2.45) is 5.92 Å². The maximum atomic E-state index is 14.2. The summed E-state index contributed by atoms with van der Waals surface area (Å²) in [4.78, 5) is 53.0. The molecule has 3 aromatic rings. The van der Waals surface area contributed by atoms with Crippen LogP contribution in [0.25, 0.3) is 10.9 Å². The normalized spacial score (nSPS) is 21.1. The Balaban J connectivity index is 1.02. The topological polar surface area (TPSA) is 121 Å². The molecule has 0 saturated carbocycles. The summed E-state index contributed by atoms with van der Waals surface area (Å²) < 4.78 is 0. The van der Waals surface area contributed by atoms with Crippen molar-refractivity contribution in [3.8, 4) is 0 Å². The lowest BCUT2D eigenvalue weighted by molar-refractivity contribution is -0.139. The third-order valence-corrected chi connectivity index (χ3v) is 11.9. The molecule has 12 heteroatoms. The predicted molar refractivity (Wildman–Crippen MR) is 186 cm³/mol. The molecule has 3 fully saturated rings. The van der Waals surface area contributed by atoms with Gasteiger partial charge in [-0.2, -0.15) is 5.10 Å². The Morgan fingerprint density at radius 3 is 2.55 bits per heavy atom. The zero-order chi connectivity index (χ0) is 32.5. The first-order valence-corrected chi connectivity index (χ1v) is 18.4. The number of amides is 2. The number of nitrogens with zero attached hydrogens (tertiary/aromatic N) is 5. The highest BCUT2D eigenvalue weighted by Crippen LogP contribution is 2.30. The minimum Gasteiger partial charge on any atom is -0.367 e. The van der Waals surface area contributed by atoms with Crippen molar-refractivity contribution >= 4 is 40.2 Å². The molecule has 6 heterocycles. The van der Waals surface area contributed by atoms with Crippen LogP contribution in [0.5, 0.6) is 0 Å². The number of carbonyl (C=O) groups excluding carboxylic acids is 2. The second kappa shape index (κ2) is 14.0. The van der Waals surface area contributed by atoms with E-state index in [2.05, 4.69) is 60.4 Å². The molecule has 2 amide bonds. The van der Waals surface area contributed by atoms with E-state index >= 15 is 0 Å². The number of hydrogen-bond donors (Lipinski definition) is 3. The third-order valence-electron chi connectivity index (χ3n) is 10.8. The number of pyridine rings is 1. The molecule has 7 rings (SSSR count). The average molecular weight is 661 g/mol. The molecular weight excluding hydrogens is 613 g/mol. The quantitative estimate of drug-likeness (QED) is 0.354. The molecule has 3 saturated heterocycles. The standard InChI is InChI=1S/C35H48N8O3S/c1-23-18-24(19-27-22-36-39-31(23)27)20-29(35(46)43-15-13-41(14-16-43)28-7-9-40(2)10-8-28)37-32(44)25-5-11-42(12-6-25)30-21-26-4-3-17-47-34(26)38-33(30)45/h18-19,21-22,25,28-29H,3-17,20H2,1-2H3,(H,36,39)(H,37,44)(H,38,45)/t29-/m1/s1. The first kappa shape index (κ1) is 32.2. The van der Waals surface area contributed by atoms with Crippen LogP contribution in [0.2, 0.25) is 0 Å². The lowest BCUT2D eigenvalue weighted by Gasteiger charge is -2.43. The van der Waals surface area contributed by atoms with E-state index < -0.39 is 6.04 Å². The van der Waals surface area contributed by atoms with Crippen molar-refractivity contribution in [1.82, 2.24) is 35.2 Å². The zero-order valence-electron chi connectivity index (χ0n) is 27.7. The summed E-state index contributed by atoms with van der Waals surface area (Å²) >= 11 is 1.72. The van der Waals surface area contributed by atoms with Gasteiger partial charge in [-0.3, -0.25) is 24.4 Å². The Morgan fingerprint density at radius 2 is 1.79 bits per heavy atom. The number of rotatable bonds is 7. The molecule has 0 radical (unpaired) electrons. The van der Waals surface area contributed by atoms with Crippen molar-refractivity contribution in [3.05, 3.63) is 51.4 Å². The number of aromatic nitrogens is 3. The van der Waals surface area contributed by atoms with Crippen molar-refractivity contribution < 1.29 is 9.59 Å². The summed E-state index contributed by atoms with van der Waals surface area (Å²) in [5.74, 6) is 0.777. The zero-order valence-corrected chi connectivity index (χ0v) is 28.5. The first-order valence-electron chi connectivity index (χ1n) is 17.4. The Bertz CT molecular complexity index is 1650. The number of carbonyl (C=O) groups is 2. The van der Waals surface area contributed by atoms with Gasteiger partial charge < -0.3 is 25.0 Å². The highest BCUT2D eigenvalue weighted by Gasteiger charge is 2.34. The SMILES string of the molecule is Cc1cc(C[C@@H](NC(=O)C2CCN(c3cc4c([nH]c3=O)SCCC4)CC2)C(=O)N2CCN(C3CCN(C)CC3)CC2)cc2cn[nH]c12. The van der Waals surface area contributed by atoms with Crippen LogP contribution in [0.3, 0.4) is 0 Å². The van der Waals surface area contributed by atoms with Crippen molar-refractivity contribution in [1.29, 1.82) is 0 Å². The molecule has 4 aliphatic heterocycles. The molecule has 47 heavy (non-hydrogen) atoms. The summed E-state index contributed by atoms with van der Waals surface area (Å²) in [6.07, 6.45) is 8.00. The maximum absolute atomic E-state index is 14.2. The van der Waals surface area contributed by atoms with Crippen LogP contribution < -0.4 is 15.8 Å². The monoisotopic (exact) mass is 660 g/mol. The Morgan fingerprint density at radius 1 is 1.02 bits per heavy atom. The van der Waals surface area contributed by atoms with Gasteiger partial charge in [-0.15, -0.1) is 11.8 Å². The van der Waals surface area contributed by atoms with Gasteiger partial charge in [-0.05, 0) is 100 Å². The number of thioether (sulfide) groups is 1. The van der Waals surface area contributed by atoms with E-state index in [1.807, 2.05) is 18.0 Å². The van der Waals surface area contributed by atoms with E-state index in [0.29, 0.717) is 57.2 Å². The van der Waals surface area contributed by atoms with E-state index in [0.717, 1.165) is 71.8 Å². The lowest BCUT2D eigenvalue weighted by atomic mass is 9.94. The number of nitrogens with one attached hydrogen (secondary N) is 3. The average Bonchev–Trinajstić information content (AvgIpc) is 3.57. The van der Waals surface area contributed by atoms with Crippen LogP contribution in [0, 0.1) is 12.8 Å². The van der Waals surface area contributed by atoms with Crippen LogP contribution in [0.1, 0.15) is 48.8 Å². The van der Waals surface area contributed by atoms with Crippen molar-refractivity contribution in [3.63, 3.8) is 0 Å². The largest absolute Gasteiger partial charge is 0.367 e. The molecule has 0 bridgehead atoms. The van der Waals surface area contributed by atoms with Gasteiger partial charge >= 0.3 is 0 Å². The number of aromatic amines is 2. The number of piperidine rings is 2. The van der Waals surface area contributed by atoms with Gasteiger partial charge in [0.25, 0.3) is 5.56 Å². The van der Waals surface area contributed by atoms with Crippen LogP contribution >= 0.6 is 11.8 Å². The van der Waals surface area contributed by atoms with Crippen LogP contribution in [-0.2, 0) is 22.4 Å². The molecule has 11 nitrogen and oxygen atoms in total. The van der Waals surface area contributed by atoms with Crippen LogP contribution in [0.15, 0.2) is 34.2 Å². The van der Waals surface area contributed by atoms with Gasteiger partial charge in [0, 0.05) is 63.0 Å². The molecule has 2 aromatic heterocycles. The minimum atomic E-state index is -0.639. The van der Waals surface area contributed by atoms with E-state index in [1.54, 1.807) is 11.8 Å². The summed E-state index contributed by atoms with van der Waals surface area (Å²) in [6.45, 7) is 8.69. The van der Waals surface area contributed by atoms with Crippen molar-refractivity contribution in [2.45, 2.75) is 69.0 Å². The second-order valence-electron chi connectivity index (χ2n) is 14.0. The molecule has 0 unspecified atom stereocenters. The Kier molecular flexibility index (Phi) is 9.61. The maximum Gasteiger partial charge on any atom is 0.272 e. The number of fused-ring (bicyclic) bond motifs is 2. The van der Waals surface area contributed by atoms with Gasteiger partial charge in [-0.25, -0.2) is 0 Å². The molecule has 1 aromatic carbocycles. The molecule has 252 valence electrons. The number of piperazine rings is 1. The molecule has 1 atom stereocenters. The number of hydrogen-bond acceptors (Lipinski definition) is 8. The summed E-state index contributed by atoms with van der Waals surface area (Å²) in [5.41, 5.74) is 4.96. The van der Waals surface area contributed by atoms with Gasteiger partial charge in [0.1, 0.15) is 11.7 Å². The smallest absolute Gasteiger partial charge is 0.272 e. The number of H-pyrrole nitrogens is 2. The van der Waals surface area contributed by atoms with Crippen LogP contribution in [-0.4, -0.2) is 119 Å². The third kappa shape index (κ3) is 7.10. The fourth-order valence-corrected chi connectivity index (χ4v) is 8.96. The summed E-state index contributed by atoms with van der Waals surface area (Å²) in [6, 6.07) is 6.17. The van der Waals surface area contributed by atoms with E-state index in [4.69, 9.17) is 0 Å². The highest BCUT2D eigenvalue weighted by atomic mass is 32.2. The molecular formula is C35H48N8O3S. The first-order chi connectivity index (χ1) is 22.8. The molecule has 4 aliphatic rings. The Hall–Kier alpha value is -3.35. The van der Waals surface area contributed by atoms with E-state index in [1.165, 1.54) is 18.4 Å². The van der Waals surface area contributed by atoms with Crippen molar-refractivity contribution in [2.75, 3.05) is 70.1 Å². The molecule has 0 spiro atoms. The predicted octanol–water partition coefficient (Wildman–Crippen LogP) is 2.78. The summed E-state index contributed by atoms with van der Waals surface area (Å²) in [7, 11) is 2.19. The highest BCUT2D eigenvalue weighted by molar-refractivity contribution is 7.99. The van der Waals surface area contributed by atoms with E-state index in [-0.39, 0.29) is 23.3 Å². The van der Waals surface area contributed by atoms with Crippen LogP contribution in [0.4, 0.5) is 5.69 Å². The number of anilines is 1. The summed E-state index contributed by atoms with van der Waals surface area (Å²) in [5, 5.41) is 12.5. The second-order valence-corrected chi connectivity index (χ2v) is 15.1. The van der Waals surface area contributed by atoms with Gasteiger partial charge in [0.05, 0.1) is 16.7 Å². The molecule has 3 N–H and O–H groups in total. The number of likely N-dealkylation sites (tertiary alicyclic amines) is 1.